The largest absolute Gasteiger partial charge is 0.396 e. The van der Waals surface area contributed by atoms with Gasteiger partial charge >= 0.3 is 0 Å². The number of nitrogens with one attached hydrogen (secondary N) is 1. The predicted molar refractivity (Wildman–Crippen MR) is 72.0 cm³/mol. The molecule has 1 aromatic rings. The van der Waals surface area contributed by atoms with E-state index in [2.05, 4.69) is 5.32 Å². The lowest BCUT2D eigenvalue weighted by Gasteiger charge is -2.23. The molecule has 1 atom stereocenters. The molecule has 1 amide bonds. The second-order valence-corrected chi connectivity index (χ2v) is 5.34. The van der Waals surface area contributed by atoms with Crippen molar-refractivity contribution < 1.29 is 9.90 Å². The maximum absolute atomic E-state index is 11.8. The molecular weight excluding hydrogens is 228 g/mol. The van der Waals surface area contributed by atoms with Crippen molar-refractivity contribution >= 4 is 5.91 Å². The van der Waals surface area contributed by atoms with Crippen LogP contribution in [0.2, 0.25) is 0 Å². The summed E-state index contributed by atoms with van der Waals surface area (Å²) in [4.78, 5) is 11.8. The molecule has 0 heterocycles. The Morgan fingerprint density at radius 1 is 1.39 bits per heavy atom. The van der Waals surface area contributed by atoms with Crippen LogP contribution in [-0.4, -0.2) is 30.2 Å². The lowest BCUT2D eigenvalue weighted by atomic mass is 9.95. The molecule has 100 valence electrons. The van der Waals surface area contributed by atoms with Crippen molar-refractivity contribution in [2.24, 2.45) is 11.1 Å². The summed E-state index contributed by atoms with van der Waals surface area (Å²) in [6.45, 7) is 4.22. The third-order valence-electron chi connectivity index (χ3n) is 2.80. The molecule has 0 bridgehead atoms. The van der Waals surface area contributed by atoms with Gasteiger partial charge in [-0.15, -0.1) is 0 Å². The van der Waals surface area contributed by atoms with Crippen LogP contribution >= 0.6 is 0 Å². The maximum Gasteiger partial charge on any atom is 0.237 e. The number of carbonyl (C=O) groups excluding carboxylic acids is 1. The van der Waals surface area contributed by atoms with Crippen LogP contribution in [-0.2, 0) is 11.2 Å². The van der Waals surface area contributed by atoms with Crippen LogP contribution in [0.1, 0.15) is 19.4 Å². The minimum absolute atomic E-state index is 0.0290. The Morgan fingerprint density at radius 3 is 2.56 bits per heavy atom. The van der Waals surface area contributed by atoms with Crippen LogP contribution in [0.4, 0.5) is 0 Å². The second kappa shape index (κ2) is 6.52. The van der Waals surface area contributed by atoms with Crippen LogP contribution in [0, 0.1) is 5.41 Å². The van der Waals surface area contributed by atoms with E-state index in [9.17, 15) is 4.79 Å². The Labute approximate surface area is 108 Å². The topological polar surface area (TPSA) is 75.3 Å². The van der Waals surface area contributed by atoms with Gasteiger partial charge in [-0.3, -0.25) is 4.79 Å². The van der Waals surface area contributed by atoms with E-state index in [4.69, 9.17) is 10.8 Å². The van der Waals surface area contributed by atoms with Crippen molar-refractivity contribution in [3.05, 3.63) is 35.9 Å². The summed E-state index contributed by atoms with van der Waals surface area (Å²) in [6.07, 6.45) is 0.520. The fourth-order valence-electron chi connectivity index (χ4n) is 1.47. The number of hydrogen-bond donors (Lipinski definition) is 3. The molecule has 4 N–H and O–H groups in total. The Bertz CT molecular complexity index is 377. The summed E-state index contributed by atoms with van der Waals surface area (Å²) >= 11 is 0. The highest BCUT2D eigenvalue weighted by Crippen LogP contribution is 2.11. The van der Waals surface area contributed by atoms with Gasteiger partial charge in [-0.25, -0.2) is 0 Å². The predicted octanol–water partition coefficient (Wildman–Crippen LogP) is 0.691. The van der Waals surface area contributed by atoms with Gasteiger partial charge in [0.1, 0.15) is 0 Å². The van der Waals surface area contributed by atoms with Gasteiger partial charge in [0.05, 0.1) is 6.04 Å². The highest BCUT2D eigenvalue weighted by atomic mass is 16.3. The number of rotatable bonds is 6. The van der Waals surface area contributed by atoms with Crippen LogP contribution in [0.5, 0.6) is 0 Å². The molecule has 1 aromatic carbocycles. The molecule has 0 aliphatic rings. The molecule has 0 saturated carbocycles. The van der Waals surface area contributed by atoms with Crippen molar-refractivity contribution in [1.29, 1.82) is 0 Å². The smallest absolute Gasteiger partial charge is 0.237 e. The summed E-state index contributed by atoms with van der Waals surface area (Å²) in [5.41, 5.74) is 6.57. The first-order chi connectivity index (χ1) is 8.44. The van der Waals surface area contributed by atoms with Gasteiger partial charge in [0.2, 0.25) is 5.91 Å². The number of hydrogen-bond acceptors (Lipinski definition) is 3. The molecule has 1 rings (SSSR count). The first-order valence-corrected chi connectivity index (χ1v) is 6.13. The van der Waals surface area contributed by atoms with Gasteiger partial charge in [0.15, 0.2) is 0 Å². The maximum atomic E-state index is 11.8. The van der Waals surface area contributed by atoms with Gasteiger partial charge in [0, 0.05) is 18.6 Å². The van der Waals surface area contributed by atoms with Crippen LogP contribution in [0.15, 0.2) is 30.3 Å². The van der Waals surface area contributed by atoms with E-state index in [0.29, 0.717) is 13.0 Å². The minimum Gasteiger partial charge on any atom is -0.396 e. The molecular formula is C14H22N2O2. The van der Waals surface area contributed by atoms with E-state index < -0.39 is 6.04 Å². The first kappa shape index (κ1) is 14.7. The van der Waals surface area contributed by atoms with Gasteiger partial charge in [0.25, 0.3) is 0 Å². The normalized spacial score (nSPS) is 13.1. The lowest BCUT2D eigenvalue weighted by molar-refractivity contribution is -0.122. The Kier molecular flexibility index (Phi) is 5.31. The Morgan fingerprint density at radius 2 is 2.00 bits per heavy atom. The fourth-order valence-corrected chi connectivity index (χ4v) is 1.47. The quantitative estimate of drug-likeness (QED) is 0.695. The molecule has 18 heavy (non-hydrogen) atoms. The first-order valence-electron chi connectivity index (χ1n) is 6.13. The fraction of sp³-hybridized carbons (Fsp3) is 0.500. The third kappa shape index (κ3) is 4.85. The standard InChI is InChI=1S/C14H22N2O2/c1-14(2,10-17)9-16-13(18)12(15)8-11-6-4-3-5-7-11/h3-7,12,17H,8-10,15H2,1-2H3,(H,16,18). The van der Waals surface area contributed by atoms with Crippen LogP contribution in [0.25, 0.3) is 0 Å². The summed E-state index contributed by atoms with van der Waals surface area (Å²) in [6, 6.07) is 9.12. The van der Waals surface area contributed by atoms with Gasteiger partial charge < -0.3 is 16.2 Å². The molecule has 0 aromatic heterocycles. The van der Waals surface area contributed by atoms with E-state index in [1.807, 2.05) is 44.2 Å². The summed E-state index contributed by atoms with van der Waals surface area (Å²) < 4.78 is 0. The minimum atomic E-state index is -0.554. The molecule has 0 aliphatic heterocycles. The van der Waals surface area contributed by atoms with E-state index in [0.717, 1.165) is 5.56 Å². The molecule has 0 saturated heterocycles. The second-order valence-electron chi connectivity index (χ2n) is 5.34. The zero-order chi connectivity index (χ0) is 13.6. The van der Waals surface area contributed by atoms with Crippen molar-refractivity contribution in [2.45, 2.75) is 26.3 Å². The molecule has 0 aliphatic carbocycles. The zero-order valence-electron chi connectivity index (χ0n) is 11.0. The molecule has 0 radical (unpaired) electrons. The Balaban J connectivity index is 2.43. The Hall–Kier alpha value is -1.39. The lowest BCUT2D eigenvalue weighted by Crippen LogP contribution is -2.45. The summed E-state index contributed by atoms with van der Waals surface area (Å²) in [7, 11) is 0. The van der Waals surface area contributed by atoms with Crippen molar-refractivity contribution in [2.75, 3.05) is 13.2 Å². The van der Waals surface area contributed by atoms with Crippen molar-refractivity contribution in [1.82, 2.24) is 5.32 Å². The highest BCUT2D eigenvalue weighted by Gasteiger charge is 2.20. The van der Waals surface area contributed by atoms with Crippen LogP contribution < -0.4 is 11.1 Å². The SMILES string of the molecule is CC(C)(CO)CNC(=O)C(N)Cc1ccccc1. The molecule has 1 unspecified atom stereocenters. The third-order valence-corrected chi connectivity index (χ3v) is 2.80. The van der Waals surface area contributed by atoms with Gasteiger partial charge in [-0.2, -0.15) is 0 Å². The molecule has 0 spiro atoms. The number of nitrogens with two attached hydrogens (primary N) is 1. The molecule has 0 fully saturated rings. The van der Waals surface area contributed by atoms with E-state index in [1.165, 1.54) is 0 Å². The molecule has 4 nitrogen and oxygen atoms in total. The number of aliphatic hydroxyl groups is 1. The monoisotopic (exact) mass is 250 g/mol. The average molecular weight is 250 g/mol. The van der Waals surface area contributed by atoms with Gasteiger partial charge in [-0.05, 0) is 12.0 Å². The van der Waals surface area contributed by atoms with Gasteiger partial charge in [-0.1, -0.05) is 44.2 Å². The summed E-state index contributed by atoms with van der Waals surface area (Å²) in [5, 5.41) is 11.9. The highest BCUT2D eigenvalue weighted by molar-refractivity contribution is 5.81. The van der Waals surface area contributed by atoms with Crippen molar-refractivity contribution in [3.8, 4) is 0 Å². The van der Waals surface area contributed by atoms with E-state index in [1.54, 1.807) is 0 Å². The summed E-state index contributed by atoms with van der Waals surface area (Å²) in [5.74, 6) is -0.180. The van der Waals surface area contributed by atoms with E-state index in [-0.39, 0.29) is 17.9 Å². The zero-order valence-corrected chi connectivity index (χ0v) is 11.0. The van der Waals surface area contributed by atoms with Crippen LogP contribution in [0.3, 0.4) is 0 Å². The molecule has 4 heteroatoms. The van der Waals surface area contributed by atoms with E-state index >= 15 is 0 Å². The number of benzene rings is 1. The number of amides is 1. The number of aliphatic hydroxyl groups excluding tert-OH is 1. The average Bonchev–Trinajstić information content (AvgIpc) is 2.37. The number of carbonyl (C=O) groups is 1. The van der Waals surface area contributed by atoms with Crippen molar-refractivity contribution in [3.63, 3.8) is 0 Å².